The molecule has 3 aromatic carbocycles. The van der Waals surface area contributed by atoms with Gasteiger partial charge in [-0.1, -0.05) is 61.8 Å². The maximum atomic E-state index is 6.97. The number of aryl methyl sites for hydroxylation is 1. The topological polar surface area (TPSA) is 21.9 Å². The van der Waals surface area contributed by atoms with Crippen LogP contribution in [-0.2, 0) is 18.5 Å². The van der Waals surface area contributed by atoms with Gasteiger partial charge < -0.3 is 14.5 Å². The van der Waals surface area contributed by atoms with Crippen molar-refractivity contribution in [2.75, 3.05) is 5.32 Å². The zero-order valence-electron chi connectivity index (χ0n) is 18.6. The highest BCUT2D eigenvalue weighted by Gasteiger charge is 2.50. The number of nitrogens with one attached hydrogen (secondary N) is 1. The van der Waals surface area contributed by atoms with E-state index in [1.807, 2.05) is 0 Å². The molecule has 2 atom stereocenters. The fraction of sp³-hybridized carbons (Fsp3) is 0.286. The summed E-state index contributed by atoms with van der Waals surface area (Å²) >= 11 is 6.97. The number of para-hydroxylation sites is 2. The van der Waals surface area contributed by atoms with E-state index in [1.54, 1.807) is 0 Å². The van der Waals surface area contributed by atoms with E-state index in [0.717, 1.165) is 23.5 Å². The number of hydrogen-bond donors (Lipinski definition) is 1. The Labute approximate surface area is 192 Å². The van der Waals surface area contributed by atoms with Gasteiger partial charge in [0.15, 0.2) is 0 Å². The number of hydrogen-bond acceptors (Lipinski definition) is 1. The van der Waals surface area contributed by atoms with Gasteiger partial charge in [0.25, 0.3) is 0 Å². The Kier molecular flexibility index (Phi) is 3.56. The molecule has 0 fully saturated rings. The Balaban J connectivity index is 1.52. The molecule has 160 valence electrons. The minimum absolute atomic E-state index is 0.00307. The predicted octanol–water partition coefficient (Wildman–Crippen LogP) is 7.50. The maximum Gasteiger partial charge on any atom is 0.0734 e. The highest BCUT2D eigenvalue weighted by molar-refractivity contribution is 6.36. The lowest BCUT2D eigenvalue weighted by atomic mass is 9.66. The molecule has 0 bridgehead atoms. The maximum absolute atomic E-state index is 6.97. The number of aromatic nitrogens is 2. The molecule has 4 heteroatoms. The number of nitrogens with zero attached hydrogens (tertiary/aromatic N) is 2. The van der Waals surface area contributed by atoms with Gasteiger partial charge in [0.2, 0.25) is 0 Å². The summed E-state index contributed by atoms with van der Waals surface area (Å²) in [4.78, 5) is 0. The minimum atomic E-state index is -0.00307. The third-order valence-electron chi connectivity index (χ3n) is 8.16. The predicted molar refractivity (Wildman–Crippen MR) is 135 cm³/mol. The smallest absolute Gasteiger partial charge is 0.0734 e. The zero-order chi connectivity index (χ0) is 21.8. The molecular formula is C28H26ClN3. The summed E-state index contributed by atoms with van der Waals surface area (Å²) in [5.74, 6) is 0.432. The fourth-order valence-electron chi connectivity index (χ4n) is 6.71. The van der Waals surface area contributed by atoms with Gasteiger partial charge in [-0.25, -0.2) is 0 Å². The van der Waals surface area contributed by atoms with Crippen molar-refractivity contribution < 1.29 is 0 Å². The lowest BCUT2D eigenvalue weighted by molar-refractivity contribution is 0.276. The molecule has 5 aromatic rings. The van der Waals surface area contributed by atoms with Crippen molar-refractivity contribution in [3.8, 4) is 0 Å². The highest BCUT2D eigenvalue weighted by Crippen LogP contribution is 2.57. The molecule has 7 rings (SSSR count). The van der Waals surface area contributed by atoms with Crippen LogP contribution in [0.5, 0.6) is 0 Å². The van der Waals surface area contributed by atoms with Crippen molar-refractivity contribution in [1.82, 2.24) is 9.13 Å². The summed E-state index contributed by atoms with van der Waals surface area (Å²) in [5, 5.41) is 8.77. The third kappa shape index (κ3) is 2.08. The Hall–Kier alpha value is -2.91. The van der Waals surface area contributed by atoms with Crippen molar-refractivity contribution in [1.29, 1.82) is 0 Å². The van der Waals surface area contributed by atoms with E-state index in [-0.39, 0.29) is 11.5 Å². The summed E-state index contributed by atoms with van der Waals surface area (Å²) in [5.41, 5.74) is 7.84. The highest BCUT2D eigenvalue weighted by atomic mass is 35.5. The van der Waals surface area contributed by atoms with Crippen LogP contribution in [0.4, 0.5) is 5.69 Å². The van der Waals surface area contributed by atoms with Gasteiger partial charge in [0.05, 0.1) is 16.8 Å². The van der Waals surface area contributed by atoms with Crippen LogP contribution >= 0.6 is 11.6 Å². The van der Waals surface area contributed by atoms with Crippen LogP contribution in [-0.4, -0.2) is 9.13 Å². The van der Waals surface area contributed by atoms with Crippen molar-refractivity contribution in [2.24, 2.45) is 5.92 Å². The van der Waals surface area contributed by atoms with Crippen LogP contribution in [0, 0.1) is 5.92 Å². The largest absolute Gasteiger partial charge is 0.376 e. The molecule has 4 heterocycles. The summed E-state index contributed by atoms with van der Waals surface area (Å²) in [6, 6.07) is 22.2. The first-order valence-corrected chi connectivity index (χ1v) is 12.0. The van der Waals surface area contributed by atoms with Crippen LogP contribution in [0.25, 0.3) is 32.7 Å². The molecule has 2 aliphatic rings. The van der Waals surface area contributed by atoms with Crippen LogP contribution in [0.15, 0.2) is 60.7 Å². The number of anilines is 1. The third-order valence-corrected chi connectivity index (χ3v) is 8.56. The monoisotopic (exact) mass is 439 g/mol. The molecule has 2 aliphatic heterocycles. The van der Waals surface area contributed by atoms with Gasteiger partial charge in [-0.05, 0) is 42.2 Å². The average Bonchev–Trinajstić information content (AvgIpc) is 3.43. The second-order valence-corrected chi connectivity index (χ2v) is 10.3. The first-order chi connectivity index (χ1) is 15.5. The molecule has 0 unspecified atom stereocenters. The Morgan fingerprint density at radius 2 is 1.66 bits per heavy atom. The number of fused-ring (bicyclic) bond motifs is 10. The lowest BCUT2D eigenvalue weighted by Gasteiger charge is -2.43. The molecule has 1 N–H and O–H groups in total. The summed E-state index contributed by atoms with van der Waals surface area (Å²) in [6.45, 7) is 9.06. The first-order valence-electron chi connectivity index (χ1n) is 11.6. The Morgan fingerprint density at radius 3 is 2.44 bits per heavy atom. The minimum Gasteiger partial charge on any atom is -0.376 e. The van der Waals surface area contributed by atoms with Crippen molar-refractivity contribution in [3.05, 3.63) is 76.9 Å². The van der Waals surface area contributed by atoms with Crippen molar-refractivity contribution in [2.45, 2.75) is 45.3 Å². The summed E-state index contributed by atoms with van der Waals surface area (Å²) in [7, 11) is 0. The standard InChI is InChI=1S/C28H26ClN3/c1-4-31-20-11-7-5-9-16(20)23-22(31)14-13-19-24(23)28(2,3)18-15-32-21-12-8-6-10-17(21)25(29)27(32)26(18)30-19/h5-14,18,26,30H,4,15H2,1-3H3/t18-,26+/m0/s1. The van der Waals surface area contributed by atoms with E-state index < -0.39 is 0 Å². The van der Waals surface area contributed by atoms with E-state index in [9.17, 15) is 0 Å². The van der Waals surface area contributed by atoms with Crippen LogP contribution in [0.1, 0.15) is 38.1 Å². The molecule has 0 spiro atoms. The Morgan fingerprint density at radius 1 is 0.938 bits per heavy atom. The normalized spacial score (nSPS) is 21.0. The molecule has 0 saturated carbocycles. The van der Waals surface area contributed by atoms with Gasteiger partial charge in [-0.3, -0.25) is 0 Å². The summed E-state index contributed by atoms with van der Waals surface area (Å²) in [6.07, 6.45) is 0. The average molecular weight is 440 g/mol. The lowest BCUT2D eigenvalue weighted by Crippen LogP contribution is -2.39. The van der Waals surface area contributed by atoms with E-state index in [2.05, 4.69) is 95.9 Å². The molecule has 0 saturated heterocycles. The number of rotatable bonds is 1. The molecule has 0 amide bonds. The quantitative estimate of drug-likeness (QED) is 0.287. The van der Waals surface area contributed by atoms with Gasteiger partial charge in [0, 0.05) is 57.4 Å². The van der Waals surface area contributed by atoms with Crippen molar-refractivity contribution >= 4 is 50.0 Å². The van der Waals surface area contributed by atoms with Gasteiger partial charge in [0.1, 0.15) is 0 Å². The molecule has 32 heavy (non-hydrogen) atoms. The van der Waals surface area contributed by atoms with Gasteiger partial charge in [-0.2, -0.15) is 0 Å². The second-order valence-electron chi connectivity index (χ2n) is 9.92. The SMILES string of the molecule is CCn1c2ccccc2c2c3c(ccc21)N[C@H]1c2c(Cl)c4ccccc4n2C[C@@H]1C3(C)C. The van der Waals surface area contributed by atoms with Crippen LogP contribution < -0.4 is 5.32 Å². The number of halogens is 1. The summed E-state index contributed by atoms with van der Waals surface area (Å²) < 4.78 is 4.91. The number of benzene rings is 3. The van der Waals surface area contributed by atoms with Gasteiger partial charge >= 0.3 is 0 Å². The Bertz CT molecular complexity index is 1570. The van der Waals surface area contributed by atoms with E-state index >= 15 is 0 Å². The fourth-order valence-corrected chi connectivity index (χ4v) is 7.09. The zero-order valence-corrected chi connectivity index (χ0v) is 19.4. The second kappa shape index (κ2) is 6.11. The van der Waals surface area contributed by atoms with Gasteiger partial charge in [-0.15, -0.1) is 0 Å². The molecule has 0 aliphatic carbocycles. The van der Waals surface area contributed by atoms with E-state index in [0.29, 0.717) is 5.92 Å². The van der Waals surface area contributed by atoms with Crippen LogP contribution in [0.2, 0.25) is 5.02 Å². The van der Waals surface area contributed by atoms with Crippen LogP contribution in [0.3, 0.4) is 0 Å². The first kappa shape index (κ1) is 18.6. The molecule has 2 aromatic heterocycles. The molecular weight excluding hydrogens is 414 g/mol. The van der Waals surface area contributed by atoms with E-state index in [4.69, 9.17) is 11.6 Å². The van der Waals surface area contributed by atoms with E-state index in [1.165, 1.54) is 44.3 Å². The molecule has 0 radical (unpaired) electrons. The molecule has 3 nitrogen and oxygen atoms in total. The van der Waals surface area contributed by atoms with Crippen molar-refractivity contribution in [3.63, 3.8) is 0 Å².